The first kappa shape index (κ1) is 21.9. The third-order valence-corrected chi connectivity index (χ3v) is 7.36. The van der Waals surface area contributed by atoms with Crippen molar-refractivity contribution in [1.82, 2.24) is 19.6 Å². The van der Waals surface area contributed by atoms with Gasteiger partial charge in [0, 0.05) is 50.6 Å². The first-order valence-electron chi connectivity index (χ1n) is 12.1. The lowest BCUT2D eigenvalue weighted by Crippen LogP contribution is -2.52. The van der Waals surface area contributed by atoms with Gasteiger partial charge in [0.15, 0.2) is 5.69 Å². The third-order valence-electron chi connectivity index (χ3n) is 7.36. The van der Waals surface area contributed by atoms with Crippen LogP contribution in [0.15, 0.2) is 30.3 Å². The molecule has 1 aromatic carbocycles. The summed E-state index contributed by atoms with van der Waals surface area (Å²) >= 11 is 0. The molecular formula is C25H33N5O3. The minimum atomic E-state index is -0.196. The van der Waals surface area contributed by atoms with E-state index in [0.717, 1.165) is 49.1 Å². The fourth-order valence-corrected chi connectivity index (χ4v) is 4.95. The number of aryl methyl sites for hydroxylation is 2. The van der Waals surface area contributed by atoms with Crippen molar-refractivity contribution in [2.75, 3.05) is 37.6 Å². The topological polar surface area (TPSA) is 70.9 Å². The van der Waals surface area contributed by atoms with E-state index in [2.05, 4.69) is 10.00 Å². The number of aromatic nitrogens is 2. The van der Waals surface area contributed by atoms with Crippen molar-refractivity contribution in [3.05, 3.63) is 41.7 Å². The maximum atomic E-state index is 12.8. The number of hydrogen-bond donors (Lipinski definition) is 0. The van der Waals surface area contributed by atoms with Crippen molar-refractivity contribution in [2.45, 2.75) is 51.2 Å². The van der Waals surface area contributed by atoms with E-state index in [1.54, 1.807) is 27.6 Å². The van der Waals surface area contributed by atoms with E-state index in [0.29, 0.717) is 18.8 Å². The number of piperazine rings is 1. The maximum absolute atomic E-state index is 12.8. The van der Waals surface area contributed by atoms with Gasteiger partial charge < -0.3 is 19.4 Å². The van der Waals surface area contributed by atoms with Gasteiger partial charge in [-0.1, -0.05) is 6.42 Å². The molecule has 2 amide bonds. The summed E-state index contributed by atoms with van der Waals surface area (Å²) in [5, 5.41) is 4.25. The molecule has 1 aliphatic carbocycles. The second-order valence-corrected chi connectivity index (χ2v) is 9.50. The Labute approximate surface area is 195 Å². The zero-order valence-corrected chi connectivity index (χ0v) is 19.6. The molecule has 0 atom stereocenters. The lowest BCUT2D eigenvalue weighted by atomic mass is 9.90. The monoisotopic (exact) mass is 451 g/mol. The molecule has 0 spiro atoms. The maximum Gasteiger partial charge on any atom is 0.274 e. The van der Waals surface area contributed by atoms with Crippen LogP contribution in [0.1, 0.15) is 48.3 Å². The third kappa shape index (κ3) is 4.62. The van der Waals surface area contributed by atoms with Gasteiger partial charge in [0.2, 0.25) is 5.91 Å². The molecule has 5 rings (SSSR count). The van der Waals surface area contributed by atoms with Crippen LogP contribution >= 0.6 is 0 Å². The molecule has 3 heterocycles. The number of rotatable bonds is 5. The molecular weight excluding hydrogens is 418 g/mol. The van der Waals surface area contributed by atoms with E-state index in [9.17, 15) is 9.59 Å². The molecule has 1 aromatic heterocycles. The molecule has 0 unspecified atom stereocenters. The van der Waals surface area contributed by atoms with Crippen LogP contribution in [0.5, 0.6) is 5.75 Å². The summed E-state index contributed by atoms with van der Waals surface area (Å²) in [6.45, 7) is 5.17. The minimum absolute atomic E-state index is 0.0618. The lowest BCUT2D eigenvalue weighted by molar-refractivity contribution is -0.120. The Bertz CT molecular complexity index is 986. The molecule has 2 aliphatic heterocycles. The van der Waals surface area contributed by atoms with Gasteiger partial charge in [-0.2, -0.15) is 5.10 Å². The number of hydrogen-bond acceptors (Lipinski definition) is 5. The molecule has 8 nitrogen and oxygen atoms in total. The Balaban J connectivity index is 1.14. The first-order valence-corrected chi connectivity index (χ1v) is 12.1. The Morgan fingerprint density at radius 2 is 1.76 bits per heavy atom. The highest BCUT2D eigenvalue weighted by molar-refractivity contribution is 6.01. The normalized spacial score (nSPS) is 20.7. The molecule has 3 aliphatic rings. The minimum Gasteiger partial charge on any atom is -0.490 e. The molecule has 33 heavy (non-hydrogen) atoms. The highest BCUT2D eigenvalue weighted by atomic mass is 16.5. The first-order chi connectivity index (χ1) is 16.0. The van der Waals surface area contributed by atoms with E-state index in [-0.39, 0.29) is 24.5 Å². The van der Waals surface area contributed by atoms with E-state index < -0.39 is 0 Å². The summed E-state index contributed by atoms with van der Waals surface area (Å²) in [6, 6.07) is 10.4. The van der Waals surface area contributed by atoms with Gasteiger partial charge in [-0.15, -0.1) is 0 Å². The smallest absolute Gasteiger partial charge is 0.274 e. The second-order valence-electron chi connectivity index (χ2n) is 9.50. The predicted molar refractivity (Wildman–Crippen MR) is 126 cm³/mol. The van der Waals surface area contributed by atoms with E-state index in [4.69, 9.17) is 4.74 Å². The van der Waals surface area contributed by atoms with Gasteiger partial charge in [0.25, 0.3) is 5.91 Å². The number of likely N-dealkylation sites (tertiary alicyclic amines) is 1. The van der Waals surface area contributed by atoms with Crippen molar-refractivity contribution in [3.63, 3.8) is 0 Å². The van der Waals surface area contributed by atoms with Crippen LogP contribution in [-0.4, -0.2) is 76.3 Å². The van der Waals surface area contributed by atoms with Crippen LogP contribution in [-0.2, 0) is 11.8 Å². The SMILES string of the molecule is Cc1cc(C(=O)N2CCN(c3ccc(OC4CCN(C5CCC5)CC4)cc3)C(=O)C2)nn1C. The summed E-state index contributed by atoms with van der Waals surface area (Å²) in [4.78, 5) is 31.5. The van der Waals surface area contributed by atoms with Gasteiger partial charge >= 0.3 is 0 Å². The van der Waals surface area contributed by atoms with Gasteiger partial charge in [-0.3, -0.25) is 14.3 Å². The Morgan fingerprint density at radius 1 is 1.03 bits per heavy atom. The standard InChI is InChI=1S/C25H33N5O3/c1-18-16-23(26-27(18)2)25(32)29-14-15-30(24(31)17-29)20-6-8-21(9-7-20)33-22-10-12-28(13-11-22)19-4-3-5-19/h6-9,16,19,22H,3-5,10-15,17H2,1-2H3. The molecule has 2 saturated heterocycles. The molecule has 0 bridgehead atoms. The number of anilines is 1. The summed E-state index contributed by atoms with van der Waals surface area (Å²) in [5.41, 5.74) is 2.14. The van der Waals surface area contributed by atoms with Crippen LogP contribution in [0.2, 0.25) is 0 Å². The van der Waals surface area contributed by atoms with Gasteiger partial charge in [0.1, 0.15) is 18.4 Å². The number of benzene rings is 1. The number of ether oxygens (including phenoxy) is 1. The molecule has 8 heteroatoms. The van der Waals surface area contributed by atoms with Crippen LogP contribution in [0.4, 0.5) is 5.69 Å². The van der Waals surface area contributed by atoms with Crippen molar-refractivity contribution in [1.29, 1.82) is 0 Å². The van der Waals surface area contributed by atoms with Crippen LogP contribution in [0.25, 0.3) is 0 Å². The van der Waals surface area contributed by atoms with Crippen LogP contribution < -0.4 is 9.64 Å². The van der Waals surface area contributed by atoms with Crippen molar-refractivity contribution in [3.8, 4) is 5.75 Å². The predicted octanol–water partition coefficient (Wildman–Crippen LogP) is 2.61. The zero-order valence-electron chi connectivity index (χ0n) is 19.6. The Hall–Kier alpha value is -2.87. The fraction of sp³-hybridized carbons (Fsp3) is 0.560. The summed E-state index contributed by atoms with van der Waals surface area (Å²) in [6.07, 6.45) is 6.50. The number of amides is 2. The van der Waals surface area contributed by atoms with Crippen LogP contribution in [0, 0.1) is 6.92 Å². The molecule has 1 saturated carbocycles. The second kappa shape index (κ2) is 9.17. The summed E-state index contributed by atoms with van der Waals surface area (Å²) < 4.78 is 7.89. The molecule has 3 fully saturated rings. The number of carbonyl (C=O) groups is 2. The van der Waals surface area contributed by atoms with E-state index >= 15 is 0 Å². The Kier molecular flexibility index (Phi) is 6.10. The fourth-order valence-electron chi connectivity index (χ4n) is 4.95. The Morgan fingerprint density at radius 3 is 2.33 bits per heavy atom. The van der Waals surface area contributed by atoms with Crippen molar-refractivity contribution < 1.29 is 14.3 Å². The highest BCUT2D eigenvalue weighted by Gasteiger charge is 2.31. The van der Waals surface area contributed by atoms with E-state index in [1.807, 2.05) is 31.2 Å². The molecule has 176 valence electrons. The average Bonchev–Trinajstić information content (AvgIpc) is 3.12. The molecule has 0 radical (unpaired) electrons. The number of piperidine rings is 1. The zero-order chi connectivity index (χ0) is 22.9. The molecule has 0 N–H and O–H groups in total. The van der Waals surface area contributed by atoms with Gasteiger partial charge in [-0.25, -0.2) is 0 Å². The van der Waals surface area contributed by atoms with Crippen molar-refractivity contribution >= 4 is 17.5 Å². The van der Waals surface area contributed by atoms with Crippen LogP contribution in [0.3, 0.4) is 0 Å². The van der Waals surface area contributed by atoms with E-state index in [1.165, 1.54) is 19.3 Å². The quantitative estimate of drug-likeness (QED) is 0.699. The number of nitrogens with zero attached hydrogens (tertiary/aromatic N) is 5. The largest absolute Gasteiger partial charge is 0.490 e. The summed E-state index contributed by atoms with van der Waals surface area (Å²) in [7, 11) is 1.81. The van der Waals surface area contributed by atoms with Gasteiger partial charge in [-0.05, 0) is 62.9 Å². The van der Waals surface area contributed by atoms with Gasteiger partial charge in [0.05, 0.1) is 0 Å². The highest BCUT2D eigenvalue weighted by Crippen LogP contribution is 2.29. The average molecular weight is 452 g/mol. The molecule has 2 aromatic rings. The lowest BCUT2D eigenvalue weighted by Gasteiger charge is -2.41. The summed E-state index contributed by atoms with van der Waals surface area (Å²) in [5.74, 6) is 0.575. The number of carbonyl (C=O) groups excluding carboxylic acids is 2. The van der Waals surface area contributed by atoms with Crippen molar-refractivity contribution in [2.24, 2.45) is 7.05 Å².